The molecule has 1 atom stereocenters. The number of nitro groups is 1. The average Bonchev–Trinajstić information content (AvgIpc) is 2.64. The molecule has 1 radical (unpaired) electrons. The Balaban J connectivity index is 2.34. The summed E-state index contributed by atoms with van der Waals surface area (Å²) in [4.78, 5) is 11.8. The Morgan fingerprint density at radius 1 is 1.00 bits per heavy atom. The highest BCUT2D eigenvalue weighted by Crippen LogP contribution is 2.48. The number of rotatable bonds is 5. The van der Waals surface area contributed by atoms with Crippen molar-refractivity contribution >= 4 is 0 Å². The van der Waals surface area contributed by atoms with Crippen molar-refractivity contribution in [2.75, 3.05) is 0 Å². The summed E-state index contributed by atoms with van der Waals surface area (Å²) in [5.74, 6) is -0.346. The van der Waals surface area contributed by atoms with Crippen LogP contribution in [0.1, 0.15) is 38.3 Å². The fourth-order valence-corrected chi connectivity index (χ4v) is 4.28. The summed E-state index contributed by atoms with van der Waals surface area (Å²) >= 11 is 0. The molecule has 1 unspecified atom stereocenters. The van der Waals surface area contributed by atoms with Crippen LogP contribution in [0.5, 0.6) is 0 Å². The first-order valence-electron chi connectivity index (χ1n) is 8.93. The summed E-state index contributed by atoms with van der Waals surface area (Å²) in [7, 11) is 0. The van der Waals surface area contributed by atoms with Gasteiger partial charge >= 0.3 is 0 Å². The van der Waals surface area contributed by atoms with Crippen LogP contribution in [0.3, 0.4) is 0 Å². The van der Waals surface area contributed by atoms with Crippen LogP contribution in [-0.2, 0) is 5.41 Å². The fourth-order valence-electron chi connectivity index (χ4n) is 4.28. The summed E-state index contributed by atoms with van der Waals surface area (Å²) in [6.45, 7) is 5.95. The molecule has 0 aliphatic heterocycles. The third kappa shape index (κ3) is 2.98. The molecule has 0 fully saturated rings. The van der Waals surface area contributed by atoms with Crippen molar-refractivity contribution in [2.24, 2.45) is 5.92 Å². The van der Waals surface area contributed by atoms with Gasteiger partial charge in [0.15, 0.2) is 0 Å². The lowest BCUT2D eigenvalue weighted by molar-refractivity contribution is -0.435. The van der Waals surface area contributed by atoms with E-state index in [2.05, 4.69) is 43.7 Å². The van der Waals surface area contributed by atoms with E-state index in [1.165, 1.54) is 5.57 Å². The van der Waals surface area contributed by atoms with Crippen molar-refractivity contribution in [3.05, 3.63) is 111 Å². The molecule has 1 aliphatic carbocycles. The number of allylic oxidation sites excluding steroid dienone is 3. The van der Waals surface area contributed by atoms with Gasteiger partial charge in [-0.3, -0.25) is 10.1 Å². The minimum atomic E-state index is -0.589. The van der Waals surface area contributed by atoms with Crippen LogP contribution in [0.4, 0.5) is 0 Å². The van der Waals surface area contributed by atoms with Crippen molar-refractivity contribution in [2.45, 2.75) is 32.6 Å². The minimum absolute atomic E-state index is 0.187. The Bertz CT molecular complexity index is 811. The standard InChI is InChI=1S/C23H24NO2/c1-4-23(19-11-7-5-8-12-19,20-13-9-6-10-14-20)21-16-17(2)15-18(3)22(21)24(25)26/h4-14,16,21H,15H2,1-3H3. The van der Waals surface area contributed by atoms with E-state index >= 15 is 0 Å². The molecule has 3 nitrogen and oxygen atoms in total. The van der Waals surface area contributed by atoms with Gasteiger partial charge in [0.05, 0.1) is 10.8 Å². The highest BCUT2D eigenvalue weighted by atomic mass is 16.6. The average molecular weight is 346 g/mol. The summed E-state index contributed by atoms with van der Waals surface area (Å²) < 4.78 is 0. The zero-order valence-electron chi connectivity index (χ0n) is 15.5. The predicted molar refractivity (Wildman–Crippen MR) is 105 cm³/mol. The number of hydrogen-bond acceptors (Lipinski definition) is 2. The Labute approximate surface area is 155 Å². The Hall–Kier alpha value is -2.68. The quantitative estimate of drug-likeness (QED) is 0.395. The lowest BCUT2D eigenvalue weighted by atomic mass is 9.61. The summed E-state index contributed by atoms with van der Waals surface area (Å²) in [5.41, 5.74) is 3.89. The molecule has 0 spiro atoms. The van der Waals surface area contributed by atoms with Gasteiger partial charge < -0.3 is 0 Å². The van der Waals surface area contributed by atoms with Crippen LogP contribution < -0.4 is 0 Å². The number of benzene rings is 2. The number of hydrogen-bond donors (Lipinski definition) is 0. The summed E-state index contributed by atoms with van der Waals surface area (Å²) in [5, 5.41) is 12.0. The van der Waals surface area contributed by atoms with E-state index in [1.54, 1.807) is 0 Å². The van der Waals surface area contributed by atoms with E-state index in [9.17, 15) is 10.1 Å². The molecule has 0 N–H and O–H groups in total. The highest BCUT2D eigenvalue weighted by Gasteiger charge is 2.47. The Kier molecular flexibility index (Phi) is 5.08. The smallest absolute Gasteiger partial charge is 0.253 e. The van der Waals surface area contributed by atoms with E-state index < -0.39 is 5.41 Å². The third-order valence-corrected chi connectivity index (χ3v) is 5.37. The van der Waals surface area contributed by atoms with Gasteiger partial charge in [-0.2, -0.15) is 0 Å². The molecule has 0 amide bonds. The van der Waals surface area contributed by atoms with Gasteiger partial charge in [-0.1, -0.05) is 79.2 Å². The molecule has 0 bridgehead atoms. The van der Waals surface area contributed by atoms with E-state index in [0.717, 1.165) is 16.7 Å². The zero-order valence-corrected chi connectivity index (χ0v) is 15.5. The van der Waals surface area contributed by atoms with Crippen molar-refractivity contribution in [1.82, 2.24) is 0 Å². The molecule has 0 aromatic heterocycles. The van der Waals surface area contributed by atoms with E-state index in [0.29, 0.717) is 12.1 Å². The van der Waals surface area contributed by atoms with Crippen molar-refractivity contribution in [3.63, 3.8) is 0 Å². The Morgan fingerprint density at radius 2 is 1.50 bits per heavy atom. The van der Waals surface area contributed by atoms with Crippen LogP contribution >= 0.6 is 0 Å². The fraction of sp³-hybridized carbons (Fsp3) is 0.261. The van der Waals surface area contributed by atoms with Gasteiger partial charge in [-0.05, 0) is 37.8 Å². The second-order valence-electron chi connectivity index (χ2n) is 6.98. The van der Waals surface area contributed by atoms with Crippen LogP contribution in [0.25, 0.3) is 0 Å². The molecule has 0 saturated carbocycles. The van der Waals surface area contributed by atoms with Crippen LogP contribution in [-0.4, -0.2) is 4.92 Å². The van der Waals surface area contributed by atoms with E-state index in [1.807, 2.05) is 50.2 Å². The molecule has 0 heterocycles. The number of nitrogens with zero attached hydrogens (tertiary/aromatic N) is 1. The normalized spacial score (nSPS) is 17.8. The Morgan fingerprint density at radius 3 is 1.92 bits per heavy atom. The molecule has 3 rings (SSSR count). The largest absolute Gasteiger partial charge is 0.259 e. The van der Waals surface area contributed by atoms with Crippen molar-refractivity contribution in [1.29, 1.82) is 0 Å². The summed E-state index contributed by atoms with van der Waals surface area (Å²) in [6, 6.07) is 20.2. The maximum atomic E-state index is 12.0. The molecular weight excluding hydrogens is 322 g/mol. The lowest BCUT2D eigenvalue weighted by Gasteiger charge is -2.40. The zero-order chi connectivity index (χ0) is 18.7. The predicted octanol–water partition coefficient (Wildman–Crippen LogP) is 5.71. The van der Waals surface area contributed by atoms with Gasteiger partial charge in [-0.15, -0.1) is 0 Å². The van der Waals surface area contributed by atoms with Gasteiger partial charge in [0.25, 0.3) is 5.70 Å². The van der Waals surface area contributed by atoms with Gasteiger partial charge in [0.1, 0.15) is 0 Å². The van der Waals surface area contributed by atoms with Crippen LogP contribution in [0, 0.1) is 22.5 Å². The highest BCUT2D eigenvalue weighted by molar-refractivity contribution is 5.49. The second kappa shape index (κ2) is 7.28. The first-order valence-corrected chi connectivity index (χ1v) is 8.93. The molecular formula is C23H24NO2. The van der Waals surface area contributed by atoms with Crippen molar-refractivity contribution < 1.29 is 4.92 Å². The molecule has 3 heteroatoms. The monoisotopic (exact) mass is 346 g/mol. The van der Waals surface area contributed by atoms with Crippen molar-refractivity contribution in [3.8, 4) is 0 Å². The van der Waals surface area contributed by atoms with Crippen LogP contribution in [0.2, 0.25) is 0 Å². The van der Waals surface area contributed by atoms with Gasteiger partial charge in [-0.25, -0.2) is 0 Å². The minimum Gasteiger partial charge on any atom is -0.259 e. The maximum absolute atomic E-state index is 12.0. The molecule has 2 aromatic carbocycles. The molecule has 133 valence electrons. The summed E-state index contributed by atoms with van der Waals surface area (Å²) in [6.07, 6.45) is 4.87. The van der Waals surface area contributed by atoms with Gasteiger partial charge in [0, 0.05) is 11.0 Å². The molecule has 2 aromatic rings. The maximum Gasteiger partial charge on any atom is 0.253 e. The first-order chi connectivity index (χ1) is 12.5. The third-order valence-electron chi connectivity index (χ3n) is 5.37. The van der Waals surface area contributed by atoms with Crippen LogP contribution in [0.15, 0.2) is 83.6 Å². The SMILES string of the molecule is C[CH]C(c1ccccc1)(c1ccccc1)C1C=C(C)CC(C)=C1[N+](=O)[O-]. The second-order valence-corrected chi connectivity index (χ2v) is 6.98. The van der Waals surface area contributed by atoms with Gasteiger partial charge in [0.2, 0.25) is 0 Å². The van der Waals surface area contributed by atoms with E-state index in [-0.39, 0.29) is 10.8 Å². The first kappa shape index (κ1) is 18.1. The molecule has 26 heavy (non-hydrogen) atoms. The lowest BCUT2D eigenvalue weighted by Crippen LogP contribution is -2.40. The molecule has 1 aliphatic rings. The van der Waals surface area contributed by atoms with E-state index in [4.69, 9.17) is 0 Å². The molecule has 0 saturated heterocycles. The topological polar surface area (TPSA) is 43.1 Å².